The first-order valence-electron chi connectivity index (χ1n) is 5.12. The van der Waals surface area contributed by atoms with Gasteiger partial charge in [0.05, 0.1) is 6.10 Å². The molecular formula is C10H16N4O2S. The van der Waals surface area contributed by atoms with E-state index in [4.69, 9.17) is 10.9 Å². The lowest BCUT2D eigenvalue weighted by Gasteiger charge is -2.13. The molecule has 2 unspecified atom stereocenters. The maximum Gasteiger partial charge on any atom is 0.188 e. The van der Waals surface area contributed by atoms with Gasteiger partial charge in [0.15, 0.2) is 11.0 Å². The summed E-state index contributed by atoms with van der Waals surface area (Å²) in [5.41, 5.74) is 6.57. The van der Waals surface area contributed by atoms with Gasteiger partial charge in [-0.05, 0) is 19.9 Å². The third-order valence-corrected chi connectivity index (χ3v) is 3.33. The highest BCUT2D eigenvalue weighted by Crippen LogP contribution is 2.22. The number of aliphatic hydroxyl groups excluding tert-OH is 1. The molecule has 1 aromatic rings. The molecule has 1 rings (SSSR count). The van der Waals surface area contributed by atoms with Crippen molar-refractivity contribution in [2.45, 2.75) is 37.3 Å². The molecule has 0 aliphatic carbocycles. The van der Waals surface area contributed by atoms with E-state index in [-0.39, 0.29) is 11.1 Å². The quantitative estimate of drug-likeness (QED) is 0.183. The van der Waals surface area contributed by atoms with Crippen molar-refractivity contribution in [3.63, 3.8) is 0 Å². The SMILES string of the molecule is Cc1cc(/C(N)=N/O)nc(SC(C)C(C)O)n1. The second-order valence-corrected chi connectivity index (χ2v) is 5.07. The Morgan fingerprint density at radius 2 is 2.12 bits per heavy atom. The molecule has 7 heteroatoms. The Kier molecular flexibility index (Phi) is 4.71. The first-order valence-corrected chi connectivity index (χ1v) is 6.00. The van der Waals surface area contributed by atoms with Crippen LogP contribution in [-0.2, 0) is 0 Å². The van der Waals surface area contributed by atoms with Crippen LogP contribution in [0.1, 0.15) is 25.2 Å². The highest BCUT2D eigenvalue weighted by molar-refractivity contribution is 7.99. The molecule has 0 spiro atoms. The van der Waals surface area contributed by atoms with Crippen LogP contribution in [0.4, 0.5) is 0 Å². The maximum absolute atomic E-state index is 9.41. The molecule has 2 atom stereocenters. The molecular weight excluding hydrogens is 240 g/mol. The van der Waals surface area contributed by atoms with E-state index in [2.05, 4.69) is 15.1 Å². The molecule has 0 saturated carbocycles. The molecule has 0 radical (unpaired) electrons. The van der Waals surface area contributed by atoms with Gasteiger partial charge in [-0.3, -0.25) is 0 Å². The van der Waals surface area contributed by atoms with Crippen LogP contribution in [0.15, 0.2) is 16.4 Å². The first kappa shape index (κ1) is 13.7. The summed E-state index contributed by atoms with van der Waals surface area (Å²) in [6.07, 6.45) is -0.462. The van der Waals surface area contributed by atoms with E-state index >= 15 is 0 Å². The summed E-state index contributed by atoms with van der Waals surface area (Å²) in [4.78, 5) is 8.37. The molecule has 6 nitrogen and oxygen atoms in total. The minimum absolute atomic E-state index is 0.0306. The Labute approximate surface area is 104 Å². The molecule has 0 saturated heterocycles. The number of hydrogen-bond donors (Lipinski definition) is 3. The van der Waals surface area contributed by atoms with Crippen LogP contribution in [0.25, 0.3) is 0 Å². The van der Waals surface area contributed by atoms with Crippen molar-refractivity contribution in [2.75, 3.05) is 0 Å². The number of amidine groups is 1. The number of nitrogens with two attached hydrogens (primary N) is 1. The summed E-state index contributed by atoms with van der Waals surface area (Å²) in [6.45, 7) is 5.38. The molecule has 4 N–H and O–H groups in total. The second-order valence-electron chi connectivity index (χ2n) is 3.73. The maximum atomic E-state index is 9.41. The molecule has 0 fully saturated rings. The van der Waals surface area contributed by atoms with E-state index in [1.54, 1.807) is 19.9 Å². The lowest BCUT2D eigenvalue weighted by Crippen LogP contribution is -2.18. The van der Waals surface area contributed by atoms with Crippen LogP contribution in [0, 0.1) is 6.92 Å². The van der Waals surface area contributed by atoms with Crippen molar-refractivity contribution in [2.24, 2.45) is 10.9 Å². The summed E-state index contributed by atoms with van der Waals surface area (Å²) < 4.78 is 0. The Hall–Kier alpha value is -1.34. The van der Waals surface area contributed by atoms with Crippen LogP contribution >= 0.6 is 11.8 Å². The summed E-state index contributed by atoms with van der Waals surface area (Å²) >= 11 is 1.34. The normalized spacial score (nSPS) is 15.6. The molecule has 1 heterocycles. The molecule has 17 heavy (non-hydrogen) atoms. The predicted molar refractivity (Wildman–Crippen MR) is 66.3 cm³/mol. The summed E-state index contributed by atoms with van der Waals surface area (Å²) in [6, 6.07) is 1.63. The van der Waals surface area contributed by atoms with Crippen molar-refractivity contribution >= 4 is 17.6 Å². The van der Waals surface area contributed by atoms with Crippen molar-refractivity contribution in [3.05, 3.63) is 17.5 Å². The summed E-state index contributed by atoms with van der Waals surface area (Å²) in [5.74, 6) is -0.0537. The van der Waals surface area contributed by atoms with E-state index in [0.29, 0.717) is 10.9 Å². The zero-order chi connectivity index (χ0) is 13.0. The number of nitrogens with zero attached hydrogens (tertiary/aromatic N) is 3. The number of aliphatic hydroxyl groups is 1. The van der Waals surface area contributed by atoms with Gasteiger partial charge in [-0.15, -0.1) is 0 Å². The molecule has 0 amide bonds. The topological polar surface area (TPSA) is 105 Å². The van der Waals surface area contributed by atoms with Crippen LogP contribution in [0.3, 0.4) is 0 Å². The minimum Gasteiger partial charge on any atom is -0.409 e. The zero-order valence-corrected chi connectivity index (χ0v) is 10.8. The highest BCUT2D eigenvalue weighted by Gasteiger charge is 2.14. The zero-order valence-electron chi connectivity index (χ0n) is 9.95. The van der Waals surface area contributed by atoms with E-state index in [9.17, 15) is 5.11 Å². The van der Waals surface area contributed by atoms with Gasteiger partial charge in [0.25, 0.3) is 0 Å². The van der Waals surface area contributed by atoms with E-state index in [1.165, 1.54) is 11.8 Å². The average molecular weight is 256 g/mol. The lowest BCUT2D eigenvalue weighted by atomic mass is 10.3. The van der Waals surface area contributed by atoms with Gasteiger partial charge in [-0.1, -0.05) is 23.8 Å². The Bertz CT molecular complexity index is 423. The number of aryl methyl sites for hydroxylation is 1. The minimum atomic E-state index is -0.462. The van der Waals surface area contributed by atoms with Crippen molar-refractivity contribution in [3.8, 4) is 0 Å². The molecule has 94 valence electrons. The first-order chi connectivity index (χ1) is 7.93. The van der Waals surface area contributed by atoms with Gasteiger partial charge in [0.1, 0.15) is 5.69 Å². The highest BCUT2D eigenvalue weighted by atomic mass is 32.2. The number of hydrogen-bond acceptors (Lipinski definition) is 6. The molecule has 0 aliphatic heterocycles. The molecule has 0 bridgehead atoms. The monoisotopic (exact) mass is 256 g/mol. The van der Waals surface area contributed by atoms with E-state index in [1.807, 2.05) is 6.92 Å². The standard InChI is InChI=1S/C10H16N4O2S/c1-5-4-8(9(11)14-16)13-10(12-5)17-7(3)6(2)15/h4,6-7,15-16H,1-3H3,(H2,11,14). The van der Waals surface area contributed by atoms with Crippen LogP contribution in [-0.4, -0.2) is 37.5 Å². The van der Waals surface area contributed by atoms with Gasteiger partial charge in [-0.25, -0.2) is 9.97 Å². The molecule has 0 aromatic carbocycles. The molecule has 0 aliphatic rings. The van der Waals surface area contributed by atoms with Crippen LogP contribution in [0.2, 0.25) is 0 Å². The molecule has 1 aromatic heterocycles. The number of oxime groups is 1. The summed E-state index contributed by atoms with van der Waals surface area (Å²) in [5, 5.41) is 21.4. The van der Waals surface area contributed by atoms with Gasteiger partial charge in [-0.2, -0.15) is 0 Å². The van der Waals surface area contributed by atoms with Gasteiger partial charge in [0.2, 0.25) is 0 Å². The van der Waals surface area contributed by atoms with Crippen molar-refractivity contribution < 1.29 is 10.3 Å². The smallest absolute Gasteiger partial charge is 0.188 e. The predicted octanol–water partition coefficient (Wildman–Crippen LogP) is 0.741. The summed E-state index contributed by atoms with van der Waals surface area (Å²) in [7, 11) is 0. The fourth-order valence-electron chi connectivity index (χ4n) is 1.04. The third-order valence-electron chi connectivity index (χ3n) is 2.17. The average Bonchev–Trinajstić information content (AvgIpc) is 2.26. The second kappa shape index (κ2) is 5.83. The number of rotatable bonds is 4. The van der Waals surface area contributed by atoms with Crippen molar-refractivity contribution in [1.29, 1.82) is 0 Å². The number of aromatic nitrogens is 2. The van der Waals surface area contributed by atoms with Gasteiger partial charge < -0.3 is 16.0 Å². The Morgan fingerprint density at radius 3 is 2.65 bits per heavy atom. The Morgan fingerprint density at radius 1 is 1.47 bits per heavy atom. The third kappa shape index (κ3) is 3.86. The van der Waals surface area contributed by atoms with E-state index < -0.39 is 6.10 Å². The Balaban J connectivity index is 2.98. The fourth-order valence-corrected chi connectivity index (χ4v) is 1.92. The van der Waals surface area contributed by atoms with Crippen LogP contribution < -0.4 is 5.73 Å². The van der Waals surface area contributed by atoms with Gasteiger partial charge >= 0.3 is 0 Å². The van der Waals surface area contributed by atoms with Crippen LogP contribution in [0.5, 0.6) is 0 Å². The fraction of sp³-hybridized carbons (Fsp3) is 0.500. The van der Waals surface area contributed by atoms with E-state index in [0.717, 1.165) is 5.69 Å². The largest absolute Gasteiger partial charge is 0.409 e. The van der Waals surface area contributed by atoms with Gasteiger partial charge in [0, 0.05) is 10.9 Å². The lowest BCUT2D eigenvalue weighted by molar-refractivity contribution is 0.196. The van der Waals surface area contributed by atoms with Crippen molar-refractivity contribution in [1.82, 2.24) is 9.97 Å². The number of thioether (sulfide) groups is 1.